The van der Waals surface area contributed by atoms with Crippen molar-refractivity contribution in [1.29, 1.82) is 0 Å². The molecular weight excluding hydrogens is 236 g/mol. The molecule has 1 unspecified atom stereocenters. The van der Waals surface area contributed by atoms with E-state index in [9.17, 15) is 9.59 Å². The summed E-state index contributed by atoms with van der Waals surface area (Å²) in [4.78, 5) is 24.7. The summed E-state index contributed by atoms with van der Waals surface area (Å²) in [6.45, 7) is 3.45. The van der Waals surface area contributed by atoms with Crippen LogP contribution in [0.3, 0.4) is 0 Å². The molecule has 0 saturated carbocycles. The molecule has 6 heteroatoms. The highest BCUT2D eigenvalue weighted by Crippen LogP contribution is 2.12. The summed E-state index contributed by atoms with van der Waals surface area (Å²) in [5.41, 5.74) is 0.587. The number of ether oxygens (including phenoxy) is 1. The maximum Gasteiger partial charge on any atom is 0.334 e. The molecule has 1 amide bonds. The van der Waals surface area contributed by atoms with E-state index < -0.39 is 12.1 Å². The van der Waals surface area contributed by atoms with Gasteiger partial charge >= 0.3 is 5.97 Å². The number of morpholine rings is 1. The van der Waals surface area contributed by atoms with Crippen molar-refractivity contribution >= 4 is 11.9 Å². The number of nitrogens with zero attached hydrogens (tertiary/aromatic N) is 2. The lowest BCUT2D eigenvalue weighted by Crippen LogP contribution is -2.48. The van der Waals surface area contributed by atoms with Crippen molar-refractivity contribution in [1.82, 2.24) is 9.47 Å². The lowest BCUT2D eigenvalue weighted by atomic mass is 10.2. The van der Waals surface area contributed by atoms with Crippen LogP contribution in [0.4, 0.5) is 0 Å². The van der Waals surface area contributed by atoms with Gasteiger partial charge in [-0.2, -0.15) is 0 Å². The van der Waals surface area contributed by atoms with Crippen LogP contribution >= 0.6 is 0 Å². The van der Waals surface area contributed by atoms with E-state index in [-0.39, 0.29) is 19.1 Å². The number of hydrogen-bond acceptors (Lipinski definition) is 3. The molecule has 0 bridgehead atoms. The second-order valence-corrected chi connectivity index (χ2v) is 4.13. The van der Waals surface area contributed by atoms with Crippen LogP contribution in [-0.2, 0) is 16.1 Å². The number of aliphatic carboxylic acids is 1. The summed E-state index contributed by atoms with van der Waals surface area (Å²) in [6.07, 6.45) is 0.912. The van der Waals surface area contributed by atoms with Crippen molar-refractivity contribution < 1.29 is 19.4 Å². The molecule has 1 aromatic rings. The van der Waals surface area contributed by atoms with E-state index in [1.165, 1.54) is 4.90 Å². The van der Waals surface area contributed by atoms with Crippen LogP contribution in [0.5, 0.6) is 0 Å². The van der Waals surface area contributed by atoms with Crippen LogP contribution in [0, 0.1) is 0 Å². The molecule has 0 aliphatic carbocycles. The summed E-state index contributed by atoms with van der Waals surface area (Å²) in [5, 5.41) is 8.90. The van der Waals surface area contributed by atoms with E-state index in [4.69, 9.17) is 9.84 Å². The molecule has 1 aromatic heterocycles. The monoisotopic (exact) mass is 252 g/mol. The number of hydrogen-bond donors (Lipinski definition) is 1. The SMILES string of the molecule is CCn1cccc1C(=O)N1CCOC(C(=O)O)C1. The van der Waals surface area contributed by atoms with Gasteiger partial charge < -0.3 is 19.3 Å². The standard InChI is InChI=1S/C12H16N2O4/c1-2-13-5-3-4-9(13)11(15)14-6-7-18-10(8-14)12(16)17/h3-5,10H,2,6-8H2,1H3,(H,16,17). The predicted octanol–water partition coefficient (Wildman–Crippen LogP) is 0.434. The zero-order valence-corrected chi connectivity index (χ0v) is 10.2. The van der Waals surface area contributed by atoms with Gasteiger partial charge in [-0.3, -0.25) is 4.79 Å². The zero-order chi connectivity index (χ0) is 13.1. The van der Waals surface area contributed by atoms with Gasteiger partial charge in [0.2, 0.25) is 0 Å². The average molecular weight is 252 g/mol. The molecular formula is C12H16N2O4. The first kappa shape index (κ1) is 12.6. The van der Waals surface area contributed by atoms with E-state index in [0.29, 0.717) is 18.8 Å². The molecule has 0 spiro atoms. The van der Waals surface area contributed by atoms with Gasteiger partial charge in [-0.05, 0) is 19.1 Å². The minimum absolute atomic E-state index is 0.100. The fourth-order valence-corrected chi connectivity index (χ4v) is 2.03. The summed E-state index contributed by atoms with van der Waals surface area (Å²) in [6, 6.07) is 3.56. The molecule has 0 radical (unpaired) electrons. The number of carbonyl (C=O) groups excluding carboxylic acids is 1. The lowest BCUT2D eigenvalue weighted by molar-refractivity contribution is -0.154. The Morgan fingerprint density at radius 1 is 1.56 bits per heavy atom. The number of aromatic nitrogens is 1. The van der Waals surface area contributed by atoms with E-state index >= 15 is 0 Å². The van der Waals surface area contributed by atoms with Gasteiger partial charge in [-0.25, -0.2) is 4.79 Å². The number of aryl methyl sites for hydroxylation is 1. The second-order valence-electron chi connectivity index (χ2n) is 4.13. The fraction of sp³-hybridized carbons (Fsp3) is 0.500. The van der Waals surface area contributed by atoms with Crippen LogP contribution in [0.25, 0.3) is 0 Å². The van der Waals surface area contributed by atoms with Crippen molar-refractivity contribution in [3.63, 3.8) is 0 Å². The maximum absolute atomic E-state index is 12.3. The van der Waals surface area contributed by atoms with Gasteiger partial charge in [0.15, 0.2) is 6.10 Å². The lowest BCUT2D eigenvalue weighted by Gasteiger charge is -2.31. The third-order valence-corrected chi connectivity index (χ3v) is 3.02. The van der Waals surface area contributed by atoms with Gasteiger partial charge in [-0.15, -0.1) is 0 Å². The predicted molar refractivity (Wildman–Crippen MR) is 63.4 cm³/mol. The van der Waals surface area contributed by atoms with Crippen molar-refractivity contribution in [2.24, 2.45) is 0 Å². The highest BCUT2D eigenvalue weighted by molar-refractivity contribution is 5.93. The minimum atomic E-state index is -1.03. The number of carboxylic acid groups (broad SMARTS) is 1. The van der Waals surface area contributed by atoms with Gasteiger partial charge in [0.05, 0.1) is 13.2 Å². The van der Waals surface area contributed by atoms with E-state index in [0.717, 1.165) is 0 Å². The maximum atomic E-state index is 12.3. The van der Waals surface area contributed by atoms with Crippen LogP contribution in [0.1, 0.15) is 17.4 Å². The molecule has 1 fully saturated rings. The summed E-state index contributed by atoms with van der Waals surface area (Å²) in [5.74, 6) is -1.17. The van der Waals surface area contributed by atoms with Crippen molar-refractivity contribution in [3.8, 4) is 0 Å². The number of rotatable bonds is 3. The van der Waals surface area contributed by atoms with Gasteiger partial charge in [0.25, 0.3) is 5.91 Å². The Bertz CT molecular complexity index is 455. The molecule has 1 atom stereocenters. The minimum Gasteiger partial charge on any atom is -0.479 e. The fourth-order valence-electron chi connectivity index (χ4n) is 2.03. The van der Waals surface area contributed by atoms with Gasteiger partial charge in [0, 0.05) is 19.3 Å². The normalized spacial score (nSPS) is 19.8. The Hall–Kier alpha value is -1.82. The first-order valence-electron chi connectivity index (χ1n) is 5.92. The number of carbonyl (C=O) groups is 2. The molecule has 6 nitrogen and oxygen atoms in total. The van der Waals surface area contributed by atoms with Crippen LogP contribution < -0.4 is 0 Å². The van der Waals surface area contributed by atoms with Crippen LogP contribution in [0.15, 0.2) is 18.3 Å². The summed E-state index contributed by atoms with van der Waals surface area (Å²) < 4.78 is 6.93. The Morgan fingerprint density at radius 2 is 2.33 bits per heavy atom. The van der Waals surface area contributed by atoms with Crippen LogP contribution in [-0.4, -0.2) is 52.3 Å². The third-order valence-electron chi connectivity index (χ3n) is 3.02. The Kier molecular flexibility index (Phi) is 3.66. The summed E-state index contributed by atoms with van der Waals surface area (Å²) >= 11 is 0. The highest BCUT2D eigenvalue weighted by Gasteiger charge is 2.30. The van der Waals surface area contributed by atoms with E-state index in [1.54, 1.807) is 6.07 Å². The topological polar surface area (TPSA) is 71.8 Å². The average Bonchev–Trinajstić information content (AvgIpc) is 2.86. The van der Waals surface area contributed by atoms with E-state index in [2.05, 4.69) is 0 Å². The third kappa shape index (κ3) is 2.38. The molecule has 1 N–H and O–H groups in total. The van der Waals surface area contributed by atoms with E-state index in [1.807, 2.05) is 23.8 Å². The van der Waals surface area contributed by atoms with Crippen LogP contribution in [0.2, 0.25) is 0 Å². The highest BCUT2D eigenvalue weighted by atomic mass is 16.5. The largest absolute Gasteiger partial charge is 0.479 e. The number of carboxylic acids is 1. The van der Waals surface area contributed by atoms with Gasteiger partial charge in [-0.1, -0.05) is 0 Å². The first-order chi connectivity index (χ1) is 8.63. The molecule has 1 saturated heterocycles. The van der Waals surface area contributed by atoms with Crippen molar-refractivity contribution in [2.75, 3.05) is 19.7 Å². The summed E-state index contributed by atoms with van der Waals surface area (Å²) in [7, 11) is 0. The Balaban J connectivity index is 2.11. The van der Waals surface area contributed by atoms with Gasteiger partial charge in [0.1, 0.15) is 5.69 Å². The molecule has 18 heavy (non-hydrogen) atoms. The molecule has 1 aliphatic heterocycles. The number of amides is 1. The molecule has 98 valence electrons. The molecule has 1 aliphatic rings. The Labute approximate surface area is 105 Å². The molecule has 2 rings (SSSR count). The molecule has 2 heterocycles. The van der Waals surface area contributed by atoms with Crippen molar-refractivity contribution in [3.05, 3.63) is 24.0 Å². The molecule has 0 aromatic carbocycles. The quantitative estimate of drug-likeness (QED) is 0.847. The zero-order valence-electron chi connectivity index (χ0n) is 10.2. The Morgan fingerprint density at radius 3 is 3.00 bits per heavy atom. The smallest absolute Gasteiger partial charge is 0.334 e. The second kappa shape index (κ2) is 5.22. The van der Waals surface area contributed by atoms with Crippen molar-refractivity contribution in [2.45, 2.75) is 19.6 Å². The first-order valence-corrected chi connectivity index (χ1v) is 5.92.